The van der Waals surface area contributed by atoms with Crippen molar-refractivity contribution in [1.82, 2.24) is 4.98 Å². The lowest BCUT2D eigenvalue weighted by atomic mass is 10.3. The Morgan fingerprint density at radius 1 is 1.53 bits per heavy atom. The summed E-state index contributed by atoms with van der Waals surface area (Å²) in [5.74, 6) is -1.23. The number of carboxylic acid groups (broad SMARTS) is 1. The molecule has 1 rings (SSSR count). The first kappa shape index (κ1) is 11.2. The van der Waals surface area contributed by atoms with E-state index in [1.807, 2.05) is 6.92 Å². The van der Waals surface area contributed by atoms with Gasteiger partial charge in [-0.2, -0.15) is 0 Å². The number of nitrogens with one attached hydrogen (secondary N) is 1. The molecule has 1 amide bonds. The Bertz CT molecular complexity index is 377. The summed E-state index contributed by atoms with van der Waals surface area (Å²) in [6.07, 6.45) is 2.53. The Morgan fingerprint density at radius 2 is 2.27 bits per heavy atom. The van der Waals surface area contributed by atoms with Gasteiger partial charge in [0.25, 0.3) is 0 Å². The lowest BCUT2D eigenvalue weighted by Gasteiger charge is -2.04. The standard InChI is InChI=1S/C10H12N2O3/c1-2-3-9(13)12-7-4-5-11-8(6-7)10(14)15/h4-6H,2-3H2,1H3,(H,14,15)(H,11,12,13). The number of rotatable bonds is 4. The zero-order chi connectivity index (χ0) is 11.3. The van der Waals surface area contributed by atoms with Crippen molar-refractivity contribution < 1.29 is 14.7 Å². The van der Waals surface area contributed by atoms with E-state index in [0.717, 1.165) is 6.42 Å². The summed E-state index contributed by atoms with van der Waals surface area (Å²) in [7, 11) is 0. The molecule has 0 aliphatic heterocycles. The van der Waals surface area contributed by atoms with E-state index in [9.17, 15) is 9.59 Å². The van der Waals surface area contributed by atoms with Crippen LogP contribution in [0.5, 0.6) is 0 Å². The van der Waals surface area contributed by atoms with Crippen LogP contribution in [0.2, 0.25) is 0 Å². The maximum absolute atomic E-state index is 11.2. The molecule has 0 aromatic carbocycles. The second kappa shape index (κ2) is 5.09. The van der Waals surface area contributed by atoms with E-state index in [4.69, 9.17) is 5.11 Å². The van der Waals surface area contributed by atoms with Crippen LogP contribution in [0.25, 0.3) is 0 Å². The third-order valence-corrected chi connectivity index (χ3v) is 1.74. The molecule has 2 N–H and O–H groups in total. The number of carboxylic acids is 1. The summed E-state index contributed by atoms with van der Waals surface area (Å²) in [6.45, 7) is 1.90. The molecule has 0 aliphatic rings. The molecule has 0 saturated heterocycles. The van der Waals surface area contributed by atoms with Crippen molar-refractivity contribution in [2.24, 2.45) is 0 Å². The van der Waals surface area contributed by atoms with Gasteiger partial charge >= 0.3 is 5.97 Å². The SMILES string of the molecule is CCCC(=O)Nc1ccnc(C(=O)O)c1. The molecule has 0 aliphatic carbocycles. The molecule has 0 atom stereocenters. The zero-order valence-corrected chi connectivity index (χ0v) is 8.36. The predicted molar refractivity (Wildman–Crippen MR) is 54.7 cm³/mol. The molecule has 15 heavy (non-hydrogen) atoms. The van der Waals surface area contributed by atoms with E-state index < -0.39 is 5.97 Å². The minimum absolute atomic E-state index is 0.0794. The Balaban J connectivity index is 2.73. The van der Waals surface area contributed by atoms with Gasteiger partial charge in [-0.15, -0.1) is 0 Å². The van der Waals surface area contributed by atoms with Crippen LogP contribution in [0.1, 0.15) is 30.3 Å². The maximum atomic E-state index is 11.2. The maximum Gasteiger partial charge on any atom is 0.354 e. The first-order chi connectivity index (χ1) is 7.13. The number of hydrogen-bond acceptors (Lipinski definition) is 3. The van der Waals surface area contributed by atoms with Crippen molar-refractivity contribution in [3.8, 4) is 0 Å². The Hall–Kier alpha value is -1.91. The van der Waals surface area contributed by atoms with Gasteiger partial charge in [0.2, 0.25) is 5.91 Å². The van der Waals surface area contributed by atoms with Crippen molar-refractivity contribution in [2.45, 2.75) is 19.8 Å². The van der Waals surface area contributed by atoms with Gasteiger partial charge in [0.05, 0.1) is 0 Å². The van der Waals surface area contributed by atoms with Crippen molar-refractivity contribution in [2.75, 3.05) is 5.32 Å². The van der Waals surface area contributed by atoms with E-state index in [1.54, 1.807) is 6.07 Å². The highest BCUT2D eigenvalue weighted by Crippen LogP contribution is 2.08. The van der Waals surface area contributed by atoms with Gasteiger partial charge in [0.15, 0.2) is 0 Å². The molecular weight excluding hydrogens is 196 g/mol. The zero-order valence-electron chi connectivity index (χ0n) is 8.36. The molecule has 1 aromatic heterocycles. The van der Waals surface area contributed by atoms with Crippen LogP contribution < -0.4 is 5.32 Å². The number of amides is 1. The number of aromatic carboxylic acids is 1. The molecule has 0 fully saturated rings. The normalized spacial score (nSPS) is 9.67. The molecular formula is C10H12N2O3. The van der Waals surface area contributed by atoms with E-state index in [1.165, 1.54) is 12.3 Å². The minimum Gasteiger partial charge on any atom is -0.477 e. The van der Waals surface area contributed by atoms with Crippen molar-refractivity contribution in [3.05, 3.63) is 24.0 Å². The summed E-state index contributed by atoms with van der Waals surface area (Å²) < 4.78 is 0. The first-order valence-corrected chi connectivity index (χ1v) is 4.62. The van der Waals surface area contributed by atoms with Crippen molar-refractivity contribution in [3.63, 3.8) is 0 Å². The lowest BCUT2D eigenvalue weighted by Crippen LogP contribution is -2.11. The van der Waals surface area contributed by atoms with Gasteiger partial charge in [-0.1, -0.05) is 6.92 Å². The Kier molecular flexibility index (Phi) is 3.79. The smallest absolute Gasteiger partial charge is 0.354 e. The number of anilines is 1. The summed E-state index contributed by atoms with van der Waals surface area (Å²) in [5, 5.41) is 11.3. The van der Waals surface area contributed by atoms with Crippen LogP contribution in [0, 0.1) is 0 Å². The highest BCUT2D eigenvalue weighted by atomic mass is 16.4. The minimum atomic E-state index is -1.11. The van der Waals surface area contributed by atoms with E-state index in [2.05, 4.69) is 10.3 Å². The van der Waals surface area contributed by atoms with Crippen molar-refractivity contribution in [1.29, 1.82) is 0 Å². The van der Waals surface area contributed by atoms with Crippen LogP contribution in [0.3, 0.4) is 0 Å². The number of aromatic nitrogens is 1. The lowest BCUT2D eigenvalue weighted by molar-refractivity contribution is -0.116. The largest absolute Gasteiger partial charge is 0.477 e. The second-order valence-electron chi connectivity index (χ2n) is 3.03. The second-order valence-corrected chi connectivity index (χ2v) is 3.03. The highest BCUT2D eigenvalue weighted by molar-refractivity contribution is 5.92. The monoisotopic (exact) mass is 208 g/mol. The third-order valence-electron chi connectivity index (χ3n) is 1.74. The molecule has 0 saturated carbocycles. The number of nitrogens with zero attached hydrogens (tertiary/aromatic N) is 1. The fourth-order valence-corrected chi connectivity index (χ4v) is 1.08. The van der Waals surface area contributed by atoms with Crippen LogP contribution in [0.4, 0.5) is 5.69 Å². The number of hydrogen-bond donors (Lipinski definition) is 2. The summed E-state index contributed by atoms with van der Waals surface area (Å²) in [5.41, 5.74) is 0.380. The van der Waals surface area contributed by atoms with Gasteiger partial charge in [0, 0.05) is 18.3 Å². The Morgan fingerprint density at radius 3 is 2.87 bits per heavy atom. The van der Waals surface area contributed by atoms with Crippen LogP contribution >= 0.6 is 0 Å². The first-order valence-electron chi connectivity index (χ1n) is 4.62. The van der Waals surface area contributed by atoms with Gasteiger partial charge in [-0.25, -0.2) is 9.78 Å². The van der Waals surface area contributed by atoms with Crippen LogP contribution in [0.15, 0.2) is 18.3 Å². The molecule has 0 spiro atoms. The predicted octanol–water partition coefficient (Wildman–Crippen LogP) is 1.52. The highest BCUT2D eigenvalue weighted by Gasteiger charge is 2.06. The molecule has 80 valence electrons. The molecule has 0 radical (unpaired) electrons. The summed E-state index contributed by atoms with van der Waals surface area (Å²) in [6, 6.07) is 2.88. The Labute approximate surface area is 87.1 Å². The quantitative estimate of drug-likeness (QED) is 0.786. The molecule has 5 nitrogen and oxygen atoms in total. The molecule has 1 aromatic rings. The summed E-state index contributed by atoms with van der Waals surface area (Å²) in [4.78, 5) is 25.4. The van der Waals surface area contributed by atoms with Crippen LogP contribution in [-0.2, 0) is 4.79 Å². The van der Waals surface area contributed by atoms with E-state index in [-0.39, 0.29) is 11.6 Å². The van der Waals surface area contributed by atoms with Gasteiger partial charge < -0.3 is 10.4 Å². The van der Waals surface area contributed by atoms with E-state index >= 15 is 0 Å². The molecule has 5 heteroatoms. The van der Waals surface area contributed by atoms with E-state index in [0.29, 0.717) is 12.1 Å². The average Bonchev–Trinajstić information content (AvgIpc) is 2.18. The fourth-order valence-electron chi connectivity index (χ4n) is 1.08. The summed E-state index contributed by atoms with van der Waals surface area (Å²) >= 11 is 0. The van der Waals surface area contributed by atoms with Crippen LogP contribution in [-0.4, -0.2) is 22.0 Å². The molecule has 0 bridgehead atoms. The molecule has 1 heterocycles. The number of carbonyl (C=O) groups excluding carboxylic acids is 1. The average molecular weight is 208 g/mol. The number of pyridine rings is 1. The topological polar surface area (TPSA) is 79.3 Å². The number of carbonyl (C=O) groups is 2. The molecule has 0 unspecified atom stereocenters. The fraction of sp³-hybridized carbons (Fsp3) is 0.300. The van der Waals surface area contributed by atoms with Crippen molar-refractivity contribution >= 4 is 17.6 Å². The van der Waals surface area contributed by atoms with Gasteiger partial charge in [-0.05, 0) is 18.6 Å². The van der Waals surface area contributed by atoms with Gasteiger partial charge in [-0.3, -0.25) is 4.79 Å². The third kappa shape index (κ3) is 3.38. The van der Waals surface area contributed by atoms with Gasteiger partial charge in [0.1, 0.15) is 5.69 Å².